The molecule has 29 heavy (non-hydrogen) atoms. The maximum absolute atomic E-state index is 12.8. The van der Waals surface area contributed by atoms with Crippen LogP contribution < -0.4 is 16.4 Å². The van der Waals surface area contributed by atoms with Crippen LogP contribution >= 0.6 is 0 Å². The Labute approximate surface area is 169 Å². The number of amides is 3. The maximum atomic E-state index is 12.8. The van der Waals surface area contributed by atoms with Gasteiger partial charge in [-0.2, -0.15) is 0 Å². The minimum atomic E-state index is -1.08. The summed E-state index contributed by atoms with van der Waals surface area (Å²) >= 11 is 0. The fourth-order valence-electron chi connectivity index (χ4n) is 3.13. The summed E-state index contributed by atoms with van der Waals surface area (Å²) in [5.41, 5.74) is 5.57. The molecule has 1 fully saturated rings. The van der Waals surface area contributed by atoms with Gasteiger partial charge in [0.05, 0.1) is 12.6 Å². The summed E-state index contributed by atoms with van der Waals surface area (Å²) in [5.74, 6) is -3.83. The van der Waals surface area contributed by atoms with E-state index in [1.54, 1.807) is 0 Å². The Balaban J connectivity index is 2.64. The highest BCUT2D eigenvalue weighted by molar-refractivity contribution is 5.92. The molecule has 1 saturated heterocycles. The first-order valence-electron chi connectivity index (χ1n) is 9.60. The molecule has 3 atom stereocenters. The molecule has 1 aliphatic rings. The van der Waals surface area contributed by atoms with Crippen molar-refractivity contribution in [3.05, 3.63) is 0 Å². The fourth-order valence-corrected chi connectivity index (χ4v) is 3.13. The highest BCUT2D eigenvalue weighted by atomic mass is 16.4. The van der Waals surface area contributed by atoms with Gasteiger partial charge in [0, 0.05) is 13.0 Å². The third kappa shape index (κ3) is 8.06. The van der Waals surface area contributed by atoms with Crippen molar-refractivity contribution in [1.29, 1.82) is 0 Å². The van der Waals surface area contributed by atoms with Gasteiger partial charge in [0.2, 0.25) is 17.7 Å². The van der Waals surface area contributed by atoms with E-state index in [9.17, 15) is 29.1 Å². The van der Waals surface area contributed by atoms with Gasteiger partial charge in [-0.15, -0.1) is 0 Å². The fraction of sp³-hybridized carbons (Fsp3) is 0.722. The molecule has 1 rings (SSSR count). The lowest BCUT2D eigenvalue weighted by molar-refractivity contribution is -0.149. The third-order valence-electron chi connectivity index (χ3n) is 4.59. The summed E-state index contributed by atoms with van der Waals surface area (Å²) in [6, 6.07) is -2.87. The van der Waals surface area contributed by atoms with Gasteiger partial charge in [-0.3, -0.25) is 19.2 Å². The van der Waals surface area contributed by atoms with Crippen molar-refractivity contribution >= 4 is 29.7 Å². The van der Waals surface area contributed by atoms with Crippen LogP contribution in [0.5, 0.6) is 0 Å². The summed E-state index contributed by atoms with van der Waals surface area (Å²) < 4.78 is 0. The average Bonchev–Trinajstić information content (AvgIpc) is 3.12. The van der Waals surface area contributed by atoms with Crippen molar-refractivity contribution in [2.75, 3.05) is 13.1 Å². The summed E-state index contributed by atoms with van der Waals surface area (Å²) in [4.78, 5) is 60.0. The van der Waals surface area contributed by atoms with Gasteiger partial charge in [0.1, 0.15) is 12.1 Å². The third-order valence-corrected chi connectivity index (χ3v) is 4.59. The number of carbonyl (C=O) groups excluding carboxylic acids is 3. The van der Waals surface area contributed by atoms with Gasteiger partial charge in [0.25, 0.3) is 0 Å². The van der Waals surface area contributed by atoms with E-state index in [1.807, 2.05) is 13.8 Å². The molecule has 0 radical (unpaired) electrons. The highest BCUT2D eigenvalue weighted by Gasteiger charge is 2.37. The quantitative estimate of drug-likeness (QED) is 0.283. The van der Waals surface area contributed by atoms with E-state index in [0.717, 1.165) is 0 Å². The normalized spacial score (nSPS) is 18.2. The number of nitrogens with two attached hydrogens (primary N) is 1. The van der Waals surface area contributed by atoms with Gasteiger partial charge < -0.3 is 31.5 Å². The topological polar surface area (TPSA) is 179 Å². The number of nitrogens with one attached hydrogen (secondary N) is 2. The van der Waals surface area contributed by atoms with Crippen LogP contribution in [0.25, 0.3) is 0 Å². The molecular weight excluding hydrogens is 384 g/mol. The van der Waals surface area contributed by atoms with Crippen LogP contribution in [0, 0.1) is 5.92 Å². The van der Waals surface area contributed by atoms with Gasteiger partial charge in [-0.1, -0.05) is 13.8 Å². The predicted octanol–water partition coefficient (Wildman–Crippen LogP) is -1.10. The summed E-state index contributed by atoms with van der Waals surface area (Å²) in [7, 11) is 0. The summed E-state index contributed by atoms with van der Waals surface area (Å²) in [5, 5.41) is 22.7. The molecule has 0 bridgehead atoms. The minimum Gasteiger partial charge on any atom is -0.481 e. The van der Waals surface area contributed by atoms with E-state index in [2.05, 4.69) is 10.6 Å². The number of nitrogens with zero attached hydrogens (tertiary/aromatic N) is 1. The Kier molecular flexibility index (Phi) is 9.53. The lowest BCUT2D eigenvalue weighted by atomic mass is 10.0. The molecule has 0 saturated carbocycles. The molecule has 0 aromatic carbocycles. The Morgan fingerprint density at radius 2 is 1.83 bits per heavy atom. The molecular formula is C18H30N4O7. The minimum absolute atomic E-state index is 0.0640. The summed E-state index contributed by atoms with van der Waals surface area (Å²) in [6.07, 6.45) is 0.928. The van der Waals surface area contributed by atoms with E-state index in [1.165, 1.54) is 4.90 Å². The largest absolute Gasteiger partial charge is 0.481 e. The Hall–Kier alpha value is -2.69. The van der Waals surface area contributed by atoms with E-state index < -0.39 is 54.3 Å². The number of carbonyl (C=O) groups is 5. The molecule has 6 N–H and O–H groups in total. The van der Waals surface area contributed by atoms with E-state index in [-0.39, 0.29) is 18.8 Å². The monoisotopic (exact) mass is 414 g/mol. The first kappa shape index (κ1) is 24.3. The number of carboxylic acid groups (broad SMARTS) is 2. The van der Waals surface area contributed by atoms with Crippen LogP contribution in [0.3, 0.4) is 0 Å². The van der Waals surface area contributed by atoms with Crippen LogP contribution in [0.4, 0.5) is 0 Å². The number of aliphatic carboxylic acids is 2. The second kappa shape index (κ2) is 11.3. The van der Waals surface area contributed by atoms with Crippen LogP contribution in [-0.4, -0.2) is 76.0 Å². The highest BCUT2D eigenvalue weighted by Crippen LogP contribution is 2.20. The molecule has 11 heteroatoms. The molecule has 0 aromatic heterocycles. The smallest absolute Gasteiger partial charge is 0.326 e. The number of hydrogen-bond donors (Lipinski definition) is 5. The van der Waals surface area contributed by atoms with E-state index >= 15 is 0 Å². The molecule has 11 nitrogen and oxygen atoms in total. The second-order valence-corrected chi connectivity index (χ2v) is 7.53. The molecule has 0 spiro atoms. The Morgan fingerprint density at radius 1 is 1.17 bits per heavy atom. The van der Waals surface area contributed by atoms with Crippen molar-refractivity contribution in [3.8, 4) is 0 Å². The standard InChI is InChI=1S/C18H30N4O7/c1-10(2)8-12(17(27)22-7-3-4-13(22)18(28)29)21-14(23)9-20-16(26)11(19)5-6-15(24)25/h10-13H,3-9,19H2,1-2H3,(H,20,26)(H,21,23)(H,24,25)(H,28,29). The predicted molar refractivity (Wildman–Crippen MR) is 102 cm³/mol. The van der Waals surface area contributed by atoms with Crippen LogP contribution in [0.15, 0.2) is 0 Å². The van der Waals surface area contributed by atoms with Gasteiger partial charge >= 0.3 is 11.9 Å². The van der Waals surface area contributed by atoms with Gasteiger partial charge in [0.15, 0.2) is 0 Å². The number of rotatable bonds is 11. The van der Waals surface area contributed by atoms with Crippen molar-refractivity contribution < 1.29 is 34.2 Å². The molecule has 0 aliphatic carbocycles. The number of hydrogen-bond acceptors (Lipinski definition) is 6. The Bertz CT molecular complexity index is 638. The van der Waals surface area contributed by atoms with Gasteiger partial charge in [-0.05, 0) is 31.6 Å². The van der Waals surface area contributed by atoms with E-state index in [0.29, 0.717) is 25.8 Å². The van der Waals surface area contributed by atoms with Crippen LogP contribution in [-0.2, 0) is 24.0 Å². The maximum Gasteiger partial charge on any atom is 0.326 e. The molecule has 0 aromatic rings. The van der Waals surface area contributed by atoms with Crippen molar-refractivity contribution in [1.82, 2.24) is 15.5 Å². The zero-order valence-corrected chi connectivity index (χ0v) is 16.7. The van der Waals surface area contributed by atoms with Crippen LogP contribution in [0.1, 0.15) is 46.0 Å². The lowest BCUT2D eigenvalue weighted by Gasteiger charge is -2.28. The number of likely N-dealkylation sites (tertiary alicyclic amines) is 1. The summed E-state index contributed by atoms with van der Waals surface area (Å²) in [6.45, 7) is 3.63. The van der Waals surface area contributed by atoms with Gasteiger partial charge in [-0.25, -0.2) is 4.79 Å². The lowest BCUT2D eigenvalue weighted by Crippen LogP contribution is -2.54. The molecule has 1 heterocycles. The average molecular weight is 414 g/mol. The SMILES string of the molecule is CC(C)CC(NC(=O)CNC(=O)C(N)CCC(=O)O)C(=O)N1CCCC1C(=O)O. The van der Waals surface area contributed by atoms with Crippen molar-refractivity contribution in [3.63, 3.8) is 0 Å². The van der Waals surface area contributed by atoms with Crippen LogP contribution in [0.2, 0.25) is 0 Å². The first-order chi connectivity index (χ1) is 13.5. The zero-order chi connectivity index (χ0) is 22.1. The Morgan fingerprint density at radius 3 is 2.38 bits per heavy atom. The molecule has 3 unspecified atom stereocenters. The molecule has 164 valence electrons. The van der Waals surface area contributed by atoms with Crippen molar-refractivity contribution in [2.24, 2.45) is 11.7 Å². The second-order valence-electron chi connectivity index (χ2n) is 7.53. The first-order valence-corrected chi connectivity index (χ1v) is 9.60. The van der Waals surface area contributed by atoms with Crippen molar-refractivity contribution in [2.45, 2.75) is 64.1 Å². The molecule has 3 amide bonds. The number of carboxylic acids is 2. The van der Waals surface area contributed by atoms with E-state index in [4.69, 9.17) is 10.8 Å². The molecule has 1 aliphatic heterocycles. The zero-order valence-electron chi connectivity index (χ0n) is 16.7.